The van der Waals surface area contributed by atoms with Crippen molar-refractivity contribution in [3.63, 3.8) is 0 Å². The summed E-state index contributed by atoms with van der Waals surface area (Å²) in [6.07, 6.45) is 1.34. The van der Waals surface area contributed by atoms with Crippen LogP contribution in [-0.2, 0) is 10.2 Å². The summed E-state index contributed by atoms with van der Waals surface area (Å²) in [7, 11) is 0. The van der Waals surface area contributed by atoms with E-state index >= 15 is 0 Å². The number of aryl methyl sites for hydroxylation is 2. The Balaban J connectivity index is 1.70. The van der Waals surface area contributed by atoms with Crippen molar-refractivity contribution in [1.29, 1.82) is 0 Å². The highest BCUT2D eigenvalue weighted by Crippen LogP contribution is 2.25. The second kappa shape index (κ2) is 6.84. The van der Waals surface area contributed by atoms with Gasteiger partial charge in [-0.1, -0.05) is 32.5 Å². The van der Waals surface area contributed by atoms with Gasteiger partial charge in [0.05, 0.1) is 11.1 Å². The first-order chi connectivity index (χ1) is 12.2. The number of hydrogen-bond donors (Lipinski definition) is 2. The fraction of sp³-hybridized carbons (Fsp3) is 0.438. The number of aromatic amines is 1. The van der Waals surface area contributed by atoms with Gasteiger partial charge in [0.25, 0.3) is 5.56 Å². The molecule has 1 amide bonds. The molecule has 138 valence electrons. The quantitative estimate of drug-likeness (QED) is 0.660. The molecule has 10 heteroatoms. The van der Waals surface area contributed by atoms with Crippen molar-refractivity contribution >= 4 is 39.2 Å². The molecule has 0 aliphatic rings. The van der Waals surface area contributed by atoms with Gasteiger partial charge in [-0.15, -0.1) is 16.4 Å². The number of rotatable bonds is 4. The zero-order chi connectivity index (χ0) is 19.1. The van der Waals surface area contributed by atoms with Crippen LogP contribution in [0, 0.1) is 13.8 Å². The molecule has 3 rings (SSSR count). The molecule has 0 saturated carbocycles. The van der Waals surface area contributed by atoms with E-state index in [9.17, 15) is 9.59 Å². The Bertz CT molecular complexity index is 1030. The summed E-state index contributed by atoms with van der Waals surface area (Å²) in [6.45, 7) is 9.91. The van der Waals surface area contributed by atoms with E-state index in [0.29, 0.717) is 15.4 Å². The number of aromatic nitrogens is 5. The lowest BCUT2D eigenvalue weighted by atomic mass is 9.96. The Hall–Kier alpha value is -2.20. The van der Waals surface area contributed by atoms with Gasteiger partial charge in [0.15, 0.2) is 0 Å². The van der Waals surface area contributed by atoms with E-state index < -0.39 is 0 Å². The normalized spacial score (nSPS) is 11.9. The van der Waals surface area contributed by atoms with Crippen LogP contribution in [0.4, 0.5) is 0 Å². The lowest BCUT2D eigenvalue weighted by Crippen LogP contribution is -2.34. The maximum absolute atomic E-state index is 12.6. The van der Waals surface area contributed by atoms with Gasteiger partial charge >= 0.3 is 0 Å². The number of carbonyl (C=O) groups excluding carboxylic acids is 1. The summed E-state index contributed by atoms with van der Waals surface area (Å²) in [5.41, 5.74) is 3.05. The molecule has 3 aromatic heterocycles. The summed E-state index contributed by atoms with van der Waals surface area (Å²) in [6, 6.07) is 0. The van der Waals surface area contributed by atoms with Crippen LogP contribution in [0.15, 0.2) is 16.3 Å². The Morgan fingerprint density at radius 1 is 1.38 bits per heavy atom. The zero-order valence-corrected chi connectivity index (χ0v) is 16.8. The van der Waals surface area contributed by atoms with E-state index in [-0.39, 0.29) is 22.6 Å². The zero-order valence-electron chi connectivity index (χ0n) is 15.2. The summed E-state index contributed by atoms with van der Waals surface area (Å²) in [4.78, 5) is 35.1. The number of H-pyrrole nitrogens is 1. The second-order valence-corrected chi connectivity index (χ2v) is 9.07. The van der Waals surface area contributed by atoms with Crippen LogP contribution in [0.1, 0.15) is 37.0 Å². The maximum atomic E-state index is 12.6. The lowest BCUT2D eigenvalue weighted by Gasteiger charge is -2.12. The average molecular weight is 393 g/mol. The first kappa shape index (κ1) is 18.6. The molecule has 0 unspecified atom stereocenters. The first-order valence-corrected chi connectivity index (χ1v) is 9.80. The molecule has 0 atom stereocenters. The third kappa shape index (κ3) is 3.65. The fourth-order valence-corrected chi connectivity index (χ4v) is 3.84. The summed E-state index contributed by atoms with van der Waals surface area (Å²) < 4.78 is 1.13. The standard InChI is InChI=1S/C16H20N6O2S2/c1-8-9(2)26-12-11(8)13(24)22(7-17-12)21-10(23)6-25-15-18-14(19-20-15)16(3,4)5/h7H,6H2,1-5H3,(H,21,23)(H,18,19,20). The molecule has 0 aliphatic heterocycles. The monoisotopic (exact) mass is 392 g/mol. The molecule has 8 nitrogen and oxygen atoms in total. The van der Waals surface area contributed by atoms with Crippen molar-refractivity contribution in [2.75, 3.05) is 11.2 Å². The van der Waals surface area contributed by atoms with E-state index in [0.717, 1.165) is 20.9 Å². The SMILES string of the molecule is Cc1sc2ncn(NC(=O)CSc3n[nH]c(C(C)(C)C)n3)c(=O)c2c1C. The highest BCUT2D eigenvalue weighted by Gasteiger charge is 2.19. The summed E-state index contributed by atoms with van der Waals surface area (Å²) >= 11 is 2.67. The van der Waals surface area contributed by atoms with Crippen molar-refractivity contribution in [2.45, 2.75) is 45.2 Å². The van der Waals surface area contributed by atoms with Crippen LogP contribution >= 0.6 is 23.1 Å². The molecule has 0 bridgehead atoms. The Morgan fingerprint density at radius 3 is 2.77 bits per heavy atom. The molecule has 0 saturated heterocycles. The van der Waals surface area contributed by atoms with Crippen LogP contribution in [-0.4, -0.2) is 36.5 Å². The van der Waals surface area contributed by atoms with Crippen LogP contribution in [0.3, 0.4) is 0 Å². The largest absolute Gasteiger partial charge is 0.281 e. The van der Waals surface area contributed by atoms with Crippen molar-refractivity contribution in [1.82, 2.24) is 24.8 Å². The van der Waals surface area contributed by atoms with Gasteiger partial charge < -0.3 is 0 Å². The predicted octanol–water partition coefficient (Wildman–Crippen LogP) is 2.35. The van der Waals surface area contributed by atoms with Gasteiger partial charge in [-0.25, -0.2) is 14.6 Å². The predicted molar refractivity (Wildman–Crippen MR) is 104 cm³/mol. The fourth-order valence-electron chi connectivity index (χ4n) is 2.26. The molecule has 2 N–H and O–H groups in total. The lowest BCUT2D eigenvalue weighted by molar-refractivity contribution is -0.114. The van der Waals surface area contributed by atoms with E-state index in [1.807, 2.05) is 34.6 Å². The van der Waals surface area contributed by atoms with Crippen LogP contribution in [0.2, 0.25) is 0 Å². The number of hydrogen-bond acceptors (Lipinski definition) is 7. The van der Waals surface area contributed by atoms with Crippen LogP contribution < -0.4 is 11.0 Å². The minimum atomic E-state index is -0.329. The highest BCUT2D eigenvalue weighted by molar-refractivity contribution is 7.99. The summed E-state index contributed by atoms with van der Waals surface area (Å²) in [5, 5.41) is 8.02. The highest BCUT2D eigenvalue weighted by atomic mass is 32.2. The van der Waals surface area contributed by atoms with Crippen molar-refractivity contribution in [3.8, 4) is 0 Å². The van der Waals surface area contributed by atoms with Gasteiger partial charge in [-0.05, 0) is 19.4 Å². The number of nitrogens with zero attached hydrogens (tertiary/aromatic N) is 4. The topological polar surface area (TPSA) is 106 Å². The second-order valence-electron chi connectivity index (χ2n) is 6.92. The smallest absolute Gasteiger partial charge is 0.272 e. The molecule has 3 heterocycles. The Morgan fingerprint density at radius 2 is 2.12 bits per heavy atom. The minimum absolute atomic E-state index is 0.0908. The molecule has 0 fully saturated rings. The third-order valence-corrected chi connectivity index (χ3v) is 5.81. The first-order valence-electron chi connectivity index (χ1n) is 7.99. The number of fused-ring (bicyclic) bond motifs is 1. The molecule has 0 radical (unpaired) electrons. The van der Waals surface area contributed by atoms with E-state index in [1.165, 1.54) is 29.4 Å². The molecule has 0 spiro atoms. The van der Waals surface area contributed by atoms with Crippen LogP contribution in [0.25, 0.3) is 10.2 Å². The number of thiophene rings is 1. The van der Waals surface area contributed by atoms with E-state index in [2.05, 4.69) is 25.6 Å². The van der Waals surface area contributed by atoms with Gasteiger partial charge in [0.2, 0.25) is 11.1 Å². The van der Waals surface area contributed by atoms with Gasteiger partial charge in [0.1, 0.15) is 17.0 Å². The molecule has 0 aliphatic carbocycles. The van der Waals surface area contributed by atoms with E-state index in [1.54, 1.807) is 0 Å². The van der Waals surface area contributed by atoms with Gasteiger partial charge in [0, 0.05) is 10.3 Å². The van der Waals surface area contributed by atoms with E-state index in [4.69, 9.17) is 0 Å². The molecular formula is C16H20N6O2S2. The Kier molecular flexibility index (Phi) is 4.89. The van der Waals surface area contributed by atoms with Crippen LogP contribution in [0.5, 0.6) is 0 Å². The molecular weight excluding hydrogens is 372 g/mol. The molecule has 3 aromatic rings. The Labute approximate surface area is 158 Å². The third-order valence-electron chi connectivity index (χ3n) is 3.84. The molecule has 0 aromatic carbocycles. The maximum Gasteiger partial charge on any atom is 0.281 e. The number of carbonyl (C=O) groups is 1. The van der Waals surface area contributed by atoms with Crippen molar-refractivity contribution < 1.29 is 4.79 Å². The number of amides is 1. The van der Waals surface area contributed by atoms with Crippen molar-refractivity contribution in [2.24, 2.45) is 0 Å². The van der Waals surface area contributed by atoms with Gasteiger partial charge in [-0.3, -0.25) is 20.1 Å². The average Bonchev–Trinajstić information content (AvgIpc) is 3.14. The summed E-state index contributed by atoms with van der Waals surface area (Å²) in [5.74, 6) is 0.521. The number of thioether (sulfide) groups is 1. The minimum Gasteiger partial charge on any atom is -0.272 e. The molecule has 26 heavy (non-hydrogen) atoms. The van der Waals surface area contributed by atoms with Gasteiger partial charge in [-0.2, -0.15) is 0 Å². The number of nitrogens with one attached hydrogen (secondary N) is 2. The van der Waals surface area contributed by atoms with Crippen molar-refractivity contribution in [3.05, 3.63) is 32.9 Å².